The summed E-state index contributed by atoms with van der Waals surface area (Å²) in [6, 6.07) is 12.2. The average molecular weight is 453 g/mol. The first-order valence-corrected chi connectivity index (χ1v) is 12.0. The fourth-order valence-electron chi connectivity index (χ4n) is 5.14. The van der Waals surface area contributed by atoms with E-state index in [0.29, 0.717) is 17.4 Å². The Morgan fingerprint density at radius 1 is 0.970 bits per heavy atom. The van der Waals surface area contributed by atoms with Crippen molar-refractivity contribution in [2.45, 2.75) is 32.1 Å². The summed E-state index contributed by atoms with van der Waals surface area (Å²) >= 11 is 0. The second-order valence-corrected chi connectivity index (χ2v) is 9.13. The monoisotopic (exact) mass is 452 g/mol. The van der Waals surface area contributed by atoms with Crippen molar-refractivity contribution in [2.75, 3.05) is 54.1 Å². The topological polar surface area (TPSA) is 51.2 Å². The van der Waals surface area contributed by atoms with Gasteiger partial charge in [0.2, 0.25) is 0 Å². The predicted molar refractivity (Wildman–Crippen MR) is 130 cm³/mol. The predicted octanol–water partition coefficient (Wildman–Crippen LogP) is 4.06. The number of hydrogen-bond acceptors (Lipinski definition) is 5. The van der Waals surface area contributed by atoms with Crippen LogP contribution in [0.25, 0.3) is 0 Å². The molecule has 6 heteroatoms. The van der Waals surface area contributed by atoms with Crippen LogP contribution in [0.4, 0.5) is 0 Å². The summed E-state index contributed by atoms with van der Waals surface area (Å²) in [4.78, 5) is 17.8. The molecule has 0 saturated carbocycles. The highest BCUT2D eigenvalue weighted by molar-refractivity contribution is 5.97. The summed E-state index contributed by atoms with van der Waals surface area (Å²) in [5.41, 5.74) is 3.16. The molecule has 0 aromatic heterocycles. The number of amides is 1. The number of carbonyl (C=O) groups is 1. The fraction of sp³-hybridized carbons (Fsp3) is 0.519. The normalized spacial score (nSPS) is 18.7. The lowest BCUT2D eigenvalue weighted by Gasteiger charge is -2.37. The zero-order valence-electron chi connectivity index (χ0n) is 20.1. The second kappa shape index (κ2) is 10.9. The van der Waals surface area contributed by atoms with Gasteiger partial charge in [0.25, 0.3) is 5.91 Å². The minimum absolute atomic E-state index is 0.119. The Balaban J connectivity index is 1.29. The van der Waals surface area contributed by atoms with Gasteiger partial charge in [-0.05, 0) is 86.5 Å². The summed E-state index contributed by atoms with van der Waals surface area (Å²) in [5.74, 6) is 2.87. The van der Waals surface area contributed by atoms with E-state index in [9.17, 15) is 4.79 Å². The van der Waals surface area contributed by atoms with Crippen LogP contribution < -0.4 is 14.2 Å². The van der Waals surface area contributed by atoms with Gasteiger partial charge < -0.3 is 24.0 Å². The van der Waals surface area contributed by atoms with Crippen LogP contribution >= 0.6 is 0 Å². The first-order chi connectivity index (χ1) is 16.1. The number of likely N-dealkylation sites (tertiary alicyclic amines) is 1. The van der Waals surface area contributed by atoms with Crippen LogP contribution in [0.2, 0.25) is 0 Å². The van der Waals surface area contributed by atoms with Crippen LogP contribution in [-0.4, -0.2) is 69.8 Å². The van der Waals surface area contributed by atoms with E-state index in [4.69, 9.17) is 14.2 Å². The third-order valence-corrected chi connectivity index (χ3v) is 6.96. The molecule has 0 spiro atoms. The number of piperidine rings is 1. The highest BCUT2D eigenvalue weighted by Gasteiger charge is 2.29. The lowest BCUT2D eigenvalue weighted by Crippen LogP contribution is -2.45. The standard InChI is InChI=1S/C27H36N2O4/c1-31-23-10-8-20(9-11-23)6-4-13-28-14-5-7-21(18-28)19-29-15-12-22-16-25(32-2)26(33-3)17-24(22)27(29)30/h8-11,16-17,21H,4-7,12-15,18-19H2,1-3H3. The number of aryl methyl sites for hydroxylation is 1. The molecule has 1 amide bonds. The van der Waals surface area contributed by atoms with E-state index in [2.05, 4.69) is 17.0 Å². The van der Waals surface area contributed by atoms with E-state index in [1.165, 1.54) is 18.4 Å². The van der Waals surface area contributed by atoms with Gasteiger partial charge in [-0.3, -0.25) is 4.79 Å². The van der Waals surface area contributed by atoms with Crippen LogP contribution in [0, 0.1) is 5.92 Å². The van der Waals surface area contributed by atoms with Gasteiger partial charge in [-0.1, -0.05) is 12.1 Å². The molecular weight excluding hydrogens is 416 g/mol. The zero-order chi connectivity index (χ0) is 23.2. The van der Waals surface area contributed by atoms with Crippen LogP contribution in [0.15, 0.2) is 36.4 Å². The van der Waals surface area contributed by atoms with Crippen molar-refractivity contribution < 1.29 is 19.0 Å². The molecule has 33 heavy (non-hydrogen) atoms. The molecule has 2 aromatic rings. The summed E-state index contributed by atoms with van der Waals surface area (Å²) in [7, 11) is 4.94. The van der Waals surface area contributed by atoms with Gasteiger partial charge in [0.1, 0.15) is 5.75 Å². The van der Waals surface area contributed by atoms with Crippen LogP contribution in [0.3, 0.4) is 0 Å². The molecule has 2 aromatic carbocycles. The van der Waals surface area contributed by atoms with Crippen molar-refractivity contribution in [3.05, 3.63) is 53.1 Å². The number of ether oxygens (including phenoxy) is 3. The Hall–Kier alpha value is -2.73. The molecule has 1 saturated heterocycles. The molecular formula is C27H36N2O4. The van der Waals surface area contributed by atoms with Gasteiger partial charge in [0.05, 0.1) is 21.3 Å². The molecule has 0 aliphatic carbocycles. The third-order valence-electron chi connectivity index (χ3n) is 6.96. The first-order valence-electron chi connectivity index (χ1n) is 12.0. The molecule has 4 rings (SSSR count). The van der Waals surface area contributed by atoms with E-state index >= 15 is 0 Å². The maximum absolute atomic E-state index is 13.2. The van der Waals surface area contributed by atoms with Crippen molar-refractivity contribution in [3.63, 3.8) is 0 Å². The Kier molecular flexibility index (Phi) is 7.76. The van der Waals surface area contributed by atoms with Crippen LogP contribution in [-0.2, 0) is 12.8 Å². The van der Waals surface area contributed by atoms with Crippen molar-refractivity contribution in [1.82, 2.24) is 9.80 Å². The quantitative estimate of drug-likeness (QED) is 0.574. The Bertz CT molecular complexity index is 944. The fourth-order valence-corrected chi connectivity index (χ4v) is 5.14. The number of nitrogens with zero attached hydrogens (tertiary/aromatic N) is 2. The Morgan fingerprint density at radius 2 is 1.73 bits per heavy atom. The van der Waals surface area contributed by atoms with Crippen molar-refractivity contribution >= 4 is 5.91 Å². The molecule has 1 unspecified atom stereocenters. The minimum atomic E-state index is 0.119. The van der Waals surface area contributed by atoms with E-state index in [0.717, 1.165) is 68.9 Å². The van der Waals surface area contributed by atoms with Gasteiger partial charge in [-0.15, -0.1) is 0 Å². The molecule has 2 aliphatic heterocycles. The minimum Gasteiger partial charge on any atom is -0.497 e. The van der Waals surface area contributed by atoms with Crippen molar-refractivity contribution in [2.24, 2.45) is 5.92 Å². The maximum atomic E-state index is 13.2. The second-order valence-electron chi connectivity index (χ2n) is 9.13. The van der Waals surface area contributed by atoms with Crippen LogP contribution in [0.5, 0.6) is 17.2 Å². The number of rotatable bonds is 9. The number of carbonyl (C=O) groups excluding carboxylic acids is 1. The van der Waals surface area contributed by atoms with E-state index in [-0.39, 0.29) is 5.91 Å². The number of benzene rings is 2. The Morgan fingerprint density at radius 3 is 2.45 bits per heavy atom. The van der Waals surface area contributed by atoms with Gasteiger partial charge in [-0.2, -0.15) is 0 Å². The largest absolute Gasteiger partial charge is 0.497 e. The smallest absolute Gasteiger partial charge is 0.254 e. The molecule has 6 nitrogen and oxygen atoms in total. The zero-order valence-corrected chi connectivity index (χ0v) is 20.1. The van der Waals surface area contributed by atoms with Gasteiger partial charge >= 0.3 is 0 Å². The molecule has 2 aliphatic rings. The highest BCUT2D eigenvalue weighted by Crippen LogP contribution is 2.33. The summed E-state index contributed by atoms with van der Waals surface area (Å²) in [5, 5.41) is 0. The highest BCUT2D eigenvalue weighted by atomic mass is 16.5. The van der Waals surface area contributed by atoms with Crippen LogP contribution in [0.1, 0.15) is 40.7 Å². The van der Waals surface area contributed by atoms with Gasteiger partial charge in [-0.25, -0.2) is 0 Å². The van der Waals surface area contributed by atoms with Crippen molar-refractivity contribution in [1.29, 1.82) is 0 Å². The van der Waals surface area contributed by atoms with Gasteiger partial charge in [0.15, 0.2) is 11.5 Å². The maximum Gasteiger partial charge on any atom is 0.254 e. The van der Waals surface area contributed by atoms with Gasteiger partial charge in [0, 0.05) is 25.2 Å². The summed E-state index contributed by atoms with van der Waals surface area (Å²) < 4.78 is 16.1. The van der Waals surface area contributed by atoms with E-state index in [1.807, 2.05) is 29.2 Å². The lowest BCUT2D eigenvalue weighted by molar-refractivity contribution is 0.0660. The third kappa shape index (κ3) is 5.61. The number of hydrogen-bond donors (Lipinski definition) is 0. The molecule has 2 heterocycles. The van der Waals surface area contributed by atoms with E-state index in [1.54, 1.807) is 21.3 Å². The van der Waals surface area contributed by atoms with Crippen molar-refractivity contribution in [3.8, 4) is 17.2 Å². The summed E-state index contributed by atoms with van der Waals surface area (Å²) in [6.07, 6.45) is 5.49. The first kappa shape index (κ1) is 23.4. The Labute approximate surface area is 197 Å². The number of fused-ring (bicyclic) bond motifs is 1. The average Bonchev–Trinajstić information content (AvgIpc) is 2.86. The molecule has 178 valence electrons. The van der Waals surface area contributed by atoms with E-state index < -0.39 is 0 Å². The molecule has 1 atom stereocenters. The molecule has 0 radical (unpaired) electrons. The summed E-state index contributed by atoms with van der Waals surface area (Å²) in [6.45, 7) is 4.95. The molecule has 1 fully saturated rings. The lowest BCUT2D eigenvalue weighted by atomic mass is 9.93. The molecule has 0 N–H and O–H groups in total. The number of methoxy groups -OCH3 is 3. The molecule has 0 bridgehead atoms. The SMILES string of the molecule is COc1ccc(CCCN2CCCC(CN3CCc4cc(OC)c(OC)cc4C3=O)C2)cc1.